The molecule has 0 saturated heterocycles. The lowest BCUT2D eigenvalue weighted by Gasteiger charge is -2.23. The molecular formula is C25H30N2O6S. The highest BCUT2D eigenvalue weighted by Crippen LogP contribution is 2.29. The van der Waals surface area contributed by atoms with Gasteiger partial charge in [-0.1, -0.05) is 30.3 Å². The first kappa shape index (κ1) is 25.4. The fourth-order valence-electron chi connectivity index (χ4n) is 3.67. The number of ether oxygens (including phenoxy) is 2. The number of aromatic nitrogens is 2. The highest BCUT2D eigenvalue weighted by atomic mass is 32.1. The summed E-state index contributed by atoms with van der Waals surface area (Å²) < 4.78 is 13.0. The van der Waals surface area contributed by atoms with Crippen molar-refractivity contribution in [3.8, 4) is 0 Å². The number of thiophene rings is 1. The smallest absolute Gasteiger partial charge is 0.348 e. The SMILES string of the molecule is CCOC(=O)c1sc2c(c1C)c(=O)n(C(C)C(=O)OC(C)(C)C)c(=O)n2CCc1ccccc1. The quantitative estimate of drug-likeness (QED) is 0.471. The van der Waals surface area contributed by atoms with E-state index < -0.39 is 34.8 Å². The van der Waals surface area contributed by atoms with E-state index in [-0.39, 0.29) is 23.4 Å². The van der Waals surface area contributed by atoms with Crippen molar-refractivity contribution in [1.82, 2.24) is 9.13 Å². The largest absolute Gasteiger partial charge is 0.462 e. The third kappa shape index (κ3) is 5.14. The Kier molecular flexibility index (Phi) is 7.45. The van der Waals surface area contributed by atoms with Crippen LogP contribution in [0.1, 0.15) is 61.5 Å². The summed E-state index contributed by atoms with van der Waals surface area (Å²) in [7, 11) is 0. The molecule has 1 aromatic carbocycles. The maximum atomic E-state index is 13.6. The normalized spacial score (nSPS) is 12.5. The summed E-state index contributed by atoms with van der Waals surface area (Å²) in [4.78, 5) is 53.0. The third-order valence-corrected chi connectivity index (χ3v) is 6.60. The number of aryl methyl sites for hydroxylation is 3. The Hall–Kier alpha value is -3.20. The second-order valence-corrected chi connectivity index (χ2v) is 10.0. The highest BCUT2D eigenvalue weighted by Gasteiger charge is 2.29. The van der Waals surface area contributed by atoms with E-state index in [0.29, 0.717) is 16.8 Å². The first-order chi connectivity index (χ1) is 16.0. The zero-order valence-electron chi connectivity index (χ0n) is 20.3. The Morgan fingerprint density at radius 2 is 1.76 bits per heavy atom. The van der Waals surface area contributed by atoms with Crippen molar-refractivity contribution in [2.45, 2.75) is 66.2 Å². The molecule has 0 spiro atoms. The molecule has 182 valence electrons. The lowest BCUT2D eigenvalue weighted by atomic mass is 10.1. The average Bonchev–Trinajstić information content (AvgIpc) is 3.10. The molecule has 0 amide bonds. The molecule has 2 heterocycles. The van der Waals surface area contributed by atoms with Crippen molar-refractivity contribution < 1.29 is 19.1 Å². The van der Waals surface area contributed by atoms with Gasteiger partial charge in [0.05, 0.1) is 12.0 Å². The summed E-state index contributed by atoms with van der Waals surface area (Å²) in [6.07, 6.45) is 0.528. The molecule has 0 aliphatic heterocycles. The van der Waals surface area contributed by atoms with Gasteiger partial charge in [0, 0.05) is 6.54 Å². The molecule has 1 atom stereocenters. The van der Waals surface area contributed by atoms with Crippen LogP contribution in [-0.4, -0.2) is 33.3 Å². The van der Waals surface area contributed by atoms with Crippen LogP contribution in [0.5, 0.6) is 0 Å². The van der Waals surface area contributed by atoms with Gasteiger partial charge in [-0.3, -0.25) is 9.36 Å². The molecule has 34 heavy (non-hydrogen) atoms. The van der Waals surface area contributed by atoms with Crippen molar-refractivity contribution in [2.24, 2.45) is 0 Å². The van der Waals surface area contributed by atoms with Crippen molar-refractivity contribution in [1.29, 1.82) is 0 Å². The fourth-order valence-corrected chi connectivity index (χ4v) is 4.89. The summed E-state index contributed by atoms with van der Waals surface area (Å²) >= 11 is 1.06. The Morgan fingerprint density at radius 3 is 2.35 bits per heavy atom. The first-order valence-corrected chi connectivity index (χ1v) is 12.0. The first-order valence-electron chi connectivity index (χ1n) is 11.2. The van der Waals surface area contributed by atoms with Gasteiger partial charge in [0.1, 0.15) is 21.4 Å². The molecule has 0 bridgehead atoms. The molecule has 9 heteroatoms. The molecule has 1 unspecified atom stereocenters. The van der Waals surface area contributed by atoms with E-state index in [1.165, 1.54) is 11.5 Å². The van der Waals surface area contributed by atoms with Crippen molar-refractivity contribution >= 4 is 33.5 Å². The number of fused-ring (bicyclic) bond motifs is 1. The summed E-state index contributed by atoms with van der Waals surface area (Å²) in [6.45, 7) is 10.4. The number of nitrogens with zero attached hydrogens (tertiary/aromatic N) is 2. The molecule has 0 fully saturated rings. The van der Waals surface area contributed by atoms with E-state index in [1.807, 2.05) is 30.3 Å². The Labute approximate surface area is 201 Å². The zero-order valence-corrected chi connectivity index (χ0v) is 21.2. The van der Waals surface area contributed by atoms with Crippen LogP contribution >= 0.6 is 11.3 Å². The second-order valence-electron chi connectivity index (χ2n) is 9.01. The number of carbonyl (C=O) groups excluding carboxylic acids is 2. The fraction of sp³-hybridized carbons (Fsp3) is 0.440. The number of esters is 2. The lowest BCUT2D eigenvalue weighted by Crippen LogP contribution is -2.45. The topological polar surface area (TPSA) is 96.6 Å². The summed E-state index contributed by atoms with van der Waals surface area (Å²) in [5.74, 6) is -1.23. The van der Waals surface area contributed by atoms with Gasteiger partial charge < -0.3 is 9.47 Å². The van der Waals surface area contributed by atoms with E-state index in [0.717, 1.165) is 21.5 Å². The number of benzene rings is 1. The number of hydrogen-bond donors (Lipinski definition) is 0. The predicted molar refractivity (Wildman–Crippen MR) is 132 cm³/mol. The van der Waals surface area contributed by atoms with Crippen molar-refractivity contribution in [2.75, 3.05) is 6.61 Å². The van der Waals surface area contributed by atoms with Crippen LogP contribution in [0.3, 0.4) is 0 Å². The maximum Gasteiger partial charge on any atom is 0.348 e. The van der Waals surface area contributed by atoms with Crippen LogP contribution in [0.25, 0.3) is 10.2 Å². The van der Waals surface area contributed by atoms with E-state index in [1.54, 1.807) is 34.6 Å². The van der Waals surface area contributed by atoms with E-state index >= 15 is 0 Å². The molecule has 0 aliphatic rings. The van der Waals surface area contributed by atoms with Crippen LogP contribution in [0.4, 0.5) is 0 Å². The molecule has 2 aromatic heterocycles. The third-order valence-electron chi connectivity index (χ3n) is 5.31. The molecular weight excluding hydrogens is 456 g/mol. The van der Waals surface area contributed by atoms with Gasteiger partial charge in [0.15, 0.2) is 0 Å². The monoisotopic (exact) mass is 486 g/mol. The van der Waals surface area contributed by atoms with Gasteiger partial charge in [0.25, 0.3) is 5.56 Å². The van der Waals surface area contributed by atoms with Crippen molar-refractivity contribution in [3.63, 3.8) is 0 Å². The second kappa shape index (κ2) is 9.97. The Balaban J connectivity index is 2.23. The van der Waals surface area contributed by atoms with Gasteiger partial charge in [-0.05, 0) is 59.1 Å². The van der Waals surface area contributed by atoms with Crippen LogP contribution in [0, 0.1) is 6.92 Å². The van der Waals surface area contributed by atoms with Crippen LogP contribution in [0.2, 0.25) is 0 Å². The van der Waals surface area contributed by atoms with Gasteiger partial charge >= 0.3 is 17.6 Å². The Bertz CT molecular complexity index is 1330. The van der Waals surface area contributed by atoms with E-state index in [4.69, 9.17) is 9.47 Å². The van der Waals surface area contributed by atoms with Gasteiger partial charge in [-0.15, -0.1) is 11.3 Å². The van der Waals surface area contributed by atoms with Gasteiger partial charge in [-0.25, -0.2) is 19.0 Å². The minimum atomic E-state index is -1.14. The van der Waals surface area contributed by atoms with Crippen LogP contribution < -0.4 is 11.2 Å². The number of rotatable bonds is 7. The lowest BCUT2D eigenvalue weighted by molar-refractivity contribution is -0.158. The standard InChI is InChI=1S/C25H30N2O6S/c1-7-32-23(30)19-15(2)18-20(28)27(16(3)22(29)33-25(4,5)6)24(31)26(21(18)34-19)14-13-17-11-9-8-10-12-17/h8-12,16H,7,13-14H2,1-6H3. The number of hydrogen-bond acceptors (Lipinski definition) is 7. The Morgan fingerprint density at radius 1 is 1.12 bits per heavy atom. The van der Waals surface area contributed by atoms with Gasteiger partial charge in [0.2, 0.25) is 0 Å². The summed E-state index contributed by atoms with van der Waals surface area (Å²) in [5, 5.41) is 0.233. The van der Waals surface area contributed by atoms with E-state index in [9.17, 15) is 19.2 Å². The molecule has 0 saturated carbocycles. The molecule has 0 radical (unpaired) electrons. The molecule has 8 nitrogen and oxygen atoms in total. The average molecular weight is 487 g/mol. The molecule has 0 aliphatic carbocycles. The minimum Gasteiger partial charge on any atom is -0.462 e. The molecule has 3 rings (SSSR count). The molecule has 3 aromatic rings. The zero-order chi connectivity index (χ0) is 25.2. The molecule has 0 N–H and O–H groups in total. The predicted octanol–water partition coefficient (Wildman–Crippen LogP) is 3.86. The highest BCUT2D eigenvalue weighted by molar-refractivity contribution is 7.20. The summed E-state index contributed by atoms with van der Waals surface area (Å²) in [6, 6.07) is 8.49. The van der Waals surface area contributed by atoms with E-state index in [2.05, 4.69) is 0 Å². The van der Waals surface area contributed by atoms with Crippen LogP contribution in [0.15, 0.2) is 39.9 Å². The minimum absolute atomic E-state index is 0.188. The van der Waals surface area contributed by atoms with Crippen molar-refractivity contribution in [3.05, 3.63) is 67.2 Å². The summed E-state index contributed by atoms with van der Waals surface area (Å²) in [5.41, 5.74) is -0.579. The van der Waals surface area contributed by atoms with Gasteiger partial charge in [-0.2, -0.15) is 0 Å². The van der Waals surface area contributed by atoms with Crippen LogP contribution in [-0.2, 0) is 27.2 Å². The number of carbonyl (C=O) groups is 2. The maximum absolute atomic E-state index is 13.6.